The summed E-state index contributed by atoms with van der Waals surface area (Å²) in [4.78, 5) is 44.9. The number of carboxylic acid groups (broad SMARTS) is 3. The molecular formula is C27H35FN4O8. The van der Waals surface area contributed by atoms with Gasteiger partial charge in [-0.1, -0.05) is 32.0 Å². The third kappa shape index (κ3) is 8.16. The average Bonchev–Trinajstić information content (AvgIpc) is 2.89. The van der Waals surface area contributed by atoms with Gasteiger partial charge in [0.2, 0.25) is 0 Å². The third-order valence-electron chi connectivity index (χ3n) is 6.60. The first kappa shape index (κ1) is 30.9. The molecule has 3 heterocycles. The van der Waals surface area contributed by atoms with Crippen molar-refractivity contribution in [3.63, 3.8) is 0 Å². The number of aromatic nitrogens is 2. The predicted molar refractivity (Wildman–Crippen MR) is 140 cm³/mol. The number of benzene rings is 1. The molecule has 0 amide bonds. The Balaban J connectivity index is 0.000000289. The number of nitrogens with zero attached hydrogens (tertiary/aromatic N) is 4. The normalized spacial score (nSPS) is 15.7. The quantitative estimate of drug-likeness (QED) is 0.350. The van der Waals surface area contributed by atoms with E-state index in [1.54, 1.807) is 6.07 Å². The summed E-state index contributed by atoms with van der Waals surface area (Å²) in [5.74, 6) is -2.91. The van der Waals surface area contributed by atoms with Gasteiger partial charge in [-0.2, -0.15) is 0 Å². The van der Waals surface area contributed by atoms with Gasteiger partial charge >= 0.3 is 17.9 Å². The molecule has 0 aliphatic carbocycles. The van der Waals surface area contributed by atoms with Crippen LogP contribution in [0.1, 0.15) is 55.3 Å². The van der Waals surface area contributed by atoms with Gasteiger partial charge < -0.3 is 30.1 Å². The summed E-state index contributed by atoms with van der Waals surface area (Å²) in [7, 11) is 0. The van der Waals surface area contributed by atoms with Gasteiger partial charge in [0.1, 0.15) is 17.5 Å². The Morgan fingerprint density at radius 3 is 2.20 bits per heavy atom. The molecule has 4 rings (SSSR count). The number of halogens is 1. The van der Waals surface area contributed by atoms with Crippen LogP contribution >= 0.6 is 0 Å². The van der Waals surface area contributed by atoms with E-state index in [9.17, 15) is 18.8 Å². The van der Waals surface area contributed by atoms with Crippen molar-refractivity contribution >= 4 is 23.7 Å². The van der Waals surface area contributed by atoms with Crippen molar-refractivity contribution in [3.05, 3.63) is 52.7 Å². The van der Waals surface area contributed by atoms with Crippen molar-refractivity contribution in [2.24, 2.45) is 0 Å². The van der Waals surface area contributed by atoms with Crippen LogP contribution in [-0.2, 0) is 38.6 Å². The van der Waals surface area contributed by atoms with E-state index in [2.05, 4.69) is 23.6 Å². The molecule has 2 aromatic rings. The van der Waals surface area contributed by atoms with Crippen LogP contribution in [0.25, 0.3) is 0 Å². The molecule has 13 heteroatoms. The standard InChI is InChI=1S/C21H27FN4O.C6H8O7/c1-15(2)20-23-19-14-25(13-16-5-3-4-6-18(16)22)8-7-17(19)21(24-20)26-9-11-27-12-10-26;7-3(8)1-6(13,5(11)12)2-4(9)10/h3-6,15H,7-14H2,1-2H3;13H,1-2H2,(H,7,8)(H,9,10)(H,11,12). The molecule has 1 aromatic heterocycles. The van der Waals surface area contributed by atoms with E-state index in [1.807, 2.05) is 12.1 Å². The first-order valence-electron chi connectivity index (χ1n) is 13.0. The molecule has 0 atom stereocenters. The summed E-state index contributed by atoms with van der Waals surface area (Å²) < 4.78 is 19.6. The van der Waals surface area contributed by atoms with Crippen molar-refractivity contribution in [1.82, 2.24) is 14.9 Å². The van der Waals surface area contributed by atoms with Crippen molar-refractivity contribution in [2.75, 3.05) is 37.7 Å². The number of carbonyl (C=O) groups is 3. The molecule has 1 aromatic carbocycles. The fraction of sp³-hybridized carbons (Fsp3) is 0.519. The maximum absolute atomic E-state index is 14.0. The molecule has 0 saturated carbocycles. The molecule has 0 bridgehead atoms. The summed E-state index contributed by atoms with van der Waals surface area (Å²) in [6.07, 6.45) is -1.39. The molecule has 40 heavy (non-hydrogen) atoms. The summed E-state index contributed by atoms with van der Waals surface area (Å²) in [5, 5.41) is 33.8. The molecular weight excluding hydrogens is 527 g/mol. The molecule has 12 nitrogen and oxygen atoms in total. The second-order valence-electron chi connectivity index (χ2n) is 10.1. The van der Waals surface area contributed by atoms with Crippen molar-refractivity contribution in [2.45, 2.75) is 57.7 Å². The van der Waals surface area contributed by atoms with Crippen LogP contribution in [0.4, 0.5) is 10.2 Å². The van der Waals surface area contributed by atoms with Crippen molar-refractivity contribution in [1.29, 1.82) is 0 Å². The van der Waals surface area contributed by atoms with Gasteiger partial charge in [-0.15, -0.1) is 0 Å². The van der Waals surface area contributed by atoms with E-state index in [-0.39, 0.29) is 11.7 Å². The zero-order valence-corrected chi connectivity index (χ0v) is 22.5. The Morgan fingerprint density at radius 2 is 1.65 bits per heavy atom. The first-order chi connectivity index (χ1) is 18.9. The van der Waals surface area contributed by atoms with Crippen LogP contribution in [0, 0.1) is 5.82 Å². The van der Waals surface area contributed by atoms with Crippen LogP contribution < -0.4 is 4.90 Å². The van der Waals surface area contributed by atoms with Crippen LogP contribution in [0.3, 0.4) is 0 Å². The number of aliphatic hydroxyl groups is 1. The maximum atomic E-state index is 14.0. The highest BCUT2D eigenvalue weighted by atomic mass is 19.1. The topological polar surface area (TPSA) is 174 Å². The Labute approximate surface area is 231 Å². The van der Waals surface area contributed by atoms with Gasteiger partial charge in [0.05, 0.1) is 31.7 Å². The number of hydrogen-bond acceptors (Lipinski definition) is 9. The number of aliphatic carboxylic acids is 3. The van der Waals surface area contributed by atoms with Crippen molar-refractivity contribution in [3.8, 4) is 0 Å². The van der Waals surface area contributed by atoms with Crippen molar-refractivity contribution < 1.29 is 43.9 Å². The molecule has 1 saturated heterocycles. The molecule has 2 aliphatic heterocycles. The number of ether oxygens (including phenoxy) is 1. The highest BCUT2D eigenvalue weighted by Gasteiger charge is 2.40. The Kier molecular flexibility index (Phi) is 10.5. The molecule has 4 N–H and O–H groups in total. The number of anilines is 1. The minimum absolute atomic E-state index is 0.136. The lowest BCUT2D eigenvalue weighted by molar-refractivity contribution is -0.170. The number of carboxylic acids is 3. The smallest absolute Gasteiger partial charge is 0.336 e. The molecule has 0 spiro atoms. The fourth-order valence-corrected chi connectivity index (χ4v) is 4.49. The van der Waals surface area contributed by atoms with E-state index in [1.165, 1.54) is 11.6 Å². The Bertz CT molecular complexity index is 1200. The highest BCUT2D eigenvalue weighted by Crippen LogP contribution is 2.29. The Hall–Kier alpha value is -3.68. The molecule has 2 aliphatic rings. The number of hydrogen-bond donors (Lipinski definition) is 4. The maximum Gasteiger partial charge on any atom is 0.336 e. The zero-order valence-electron chi connectivity index (χ0n) is 22.5. The largest absolute Gasteiger partial charge is 0.481 e. The SMILES string of the molecule is CC(C)c1nc2c(c(N3CCOCC3)n1)CCN(Cc1ccccc1F)C2.O=C(O)CC(O)(CC(=O)O)C(=O)O. The van der Waals surface area contributed by atoms with Crippen LogP contribution in [0.15, 0.2) is 24.3 Å². The molecule has 218 valence electrons. The lowest BCUT2D eigenvalue weighted by atomic mass is 9.96. The molecule has 0 radical (unpaired) electrons. The number of fused-ring (bicyclic) bond motifs is 1. The first-order valence-corrected chi connectivity index (χ1v) is 13.0. The van der Waals surface area contributed by atoms with Gasteiger partial charge in [0, 0.05) is 49.8 Å². The molecule has 1 fully saturated rings. The summed E-state index contributed by atoms with van der Waals surface area (Å²) in [5.41, 5.74) is 0.355. The summed E-state index contributed by atoms with van der Waals surface area (Å²) in [6.45, 7) is 9.74. The minimum atomic E-state index is -2.74. The van der Waals surface area contributed by atoms with E-state index >= 15 is 0 Å². The van der Waals surface area contributed by atoms with Gasteiger partial charge in [-0.05, 0) is 12.5 Å². The third-order valence-corrected chi connectivity index (χ3v) is 6.60. The van der Waals surface area contributed by atoms with Gasteiger partial charge in [-0.25, -0.2) is 19.2 Å². The van der Waals surface area contributed by atoms with E-state index in [0.717, 1.165) is 68.7 Å². The van der Waals surface area contributed by atoms with Crippen LogP contribution in [-0.4, -0.2) is 91.7 Å². The number of rotatable bonds is 9. The highest BCUT2D eigenvalue weighted by molar-refractivity contribution is 5.88. The lowest BCUT2D eigenvalue weighted by Crippen LogP contribution is -2.42. The fourth-order valence-electron chi connectivity index (χ4n) is 4.49. The minimum Gasteiger partial charge on any atom is -0.481 e. The monoisotopic (exact) mass is 562 g/mol. The second kappa shape index (κ2) is 13.6. The molecule has 0 unspecified atom stereocenters. The van der Waals surface area contributed by atoms with Gasteiger partial charge in [0.15, 0.2) is 5.60 Å². The summed E-state index contributed by atoms with van der Waals surface area (Å²) in [6, 6.07) is 7.03. The Morgan fingerprint density at radius 1 is 1.02 bits per heavy atom. The van der Waals surface area contributed by atoms with Crippen LogP contribution in [0.2, 0.25) is 0 Å². The van der Waals surface area contributed by atoms with Gasteiger partial charge in [0.25, 0.3) is 0 Å². The number of morpholine rings is 1. The average molecular weight is 563 g/mol. The lowest BCUT2D eigenvalue weighted by Gasteiger charge is -2.34. The van der Waals surface area contributed by atoms with E-state index < -0.39 is 36.4 Å². The van der Waals surface area contributed by atoms with Crippen LogP contribution in [0.5, 0.6) is 0 Å². The second-order valence-corrected chi connectivity index (χ2v) is 10.1. The van der Waals surface area contributed by atoms with E-state index in [0.29, 0.717) is 6.54 Å². The zero-order chi connectivity index (χ0) is 29.4. The van der Waals surface area contributed by atoms with E-state index in [4.69, 9.17) is 35.1 Å². The predicted octanol–water partition coefficient (Wildman–Crippen LogP) is 1.89. The van der Waals surface area contributed by atoms with Gasteiger partial charge in [-0.3, -0.25) is 14.5 Å². The summed E-state index contributed by atoms with van der Waals surface area (Å²) >= 11 is 0.